The lowest BCUT2D eigenvalue weighted by atomic mass is 10.2. The van der Waals surface area contributed by atoms with Crippen molar-refractivity contribution in [2.45, 2.75) is 6.54 Å². The number of nitrogens with zero attached hydrogens (tertiary/aromatic N) is 3. The number of benzene rings is 2. The molecule has 2 aromatic rings. The predicted molar refractivity (Wildman–Crippen MR) is 78.7 cm³/mol. The van der Waals surface area contributed by atoms with Crippen molar-refractivity contribution in [3.8, 4) is 0 Å². The summed E-state index contributed by atoms with van der Waals surface area (Å²) in [5.74, 6) is 0.788. The molecule has 3 nitrogen and oxygen atoms in total. The third kappa shape index (κ3) is 1.68. The maximum Gasteiger partial charge on any atom is 0.206 e. The van der Waals surface area contributed by atoms with Crippen LogP contribution in [-0.2, 0) is 6.54 Å². The highest BCUT2D eigenvalue weighted by Gasteiger charge is 2.34. The van der Waals surface area contributed by atoms with Crippen LogP contribution in [0.3, 0.4) is 0 Å². The Labute approximate surface area is 117 Å². The van der Waals surface area contributed by atoms with E-state index in [1.165, 1.54) is 11.8 Å². The molecule has 0 amide bonds. The van der Waals surface area contributed by atoms with E-state index in [1.807, 2.05) is 18.2 Å². The van der Waals surface area contributed by atoms with E-state index < -0.39 is 0 Å². The van der Waals surface area contributed by atoms with Crippen molar-refractivity contribution in [3.63, 3.8) is 0 Å². The molecule has 4 rings (SSSR count). The first-order valence-electron chi connectivity index (χ1n) is 6.76. The molecule has 0 radical (unpaired) electrons. The minimum atomic E-state index is -0.194. The molecule has 4 heteroatoms. The van der Waals surface area contributed by atoms with Crippen molar-refractivity contribution >= 4 is 17.3 Å². The van der Waals surface area contributed by atoms with Crippen LogP contribution in [0.1, 0.15) is 5.56 Å². The topological polar surface area (TPSA) is 18.8 Å². The molecule has 0 fully saturated rings. The lowest BCUT2D eigenvalue weighted by Gasteiger charge is -2.19. The number of rotatable bonds is 2. The van der Waals surface area contributed by atoms with Crippen LogP contribution in [0.25, 0.3) is 0 Å². The van der Waals surface area contributed by atoms with Crippen molar-refractivity contribution in [3.05, 3.63) is 59.9 Å². The molecule has 0 aromatic heterocycles. The number of halogens is 1. The molecule has 0 saturated heterocycles. The Balaban J connectivity index is 1.74. The summed E-state index contributed by atoms with van der Waals surface area (Å²) in [5.41, 5.74) is 3.30. The molecule has 2 aliphatic heterocycles. The zero-order valence-electron chi connectivity index (χ0n) is 11.0. The van der Waals surface area contributed by atoms with Gasteiger partial charge >= 0.3 is 0 Å². The standard InChI is InChI=1S/C16H14FN3/c17-13-5-3-4-12(10-13)11-20-15-7-2-1-6-14(15)19-9-8-18-16(19)20/h1-7,10H,8-9,11H2. The van der Waals surface area contributed by atoms with Crippen LogP contribution in [0.5, 0.6) is 0 Å². The fourth-order valence-corrected chi connectivity index (χ4v) is 2.90. The van der Waals surface area contributed by atoms with Gasteiger partial charge in [0.1, 0.15) is 5.82 Å². The van der Waals surface area contributed by atoms with E-state index >= 15 is 0 Å². The molecule has 0 bridgehead atoms. The van der Waals surface area contributed by atoms with Gasteiger partial charge in [-0.3, -0.25) is 4.99 Å². The summed E-state index contributed by atoms with van der Waals surface area (Å²) in [6, 6.07) is 15.0. The van der Waals surface area contributed by atoms with E-state index in [9.17, 15) is 4.39 Å². The minimum Gasteiger partial charge on any atom is -0.308 e. The fraction of sp³-hybridized carbons (Fsp3) is 0.188. The van der Waals surface area contributed by atoms with E-state index in [4.69, 9.17) is 0 Å². The average Bonchev–Trinajstić information content (AvgIpc) is 3.03. The van der Waals surface area contributed by atoms with Gasteiger partial charge in [0, 0.05) is 6.54 Å². The molecule has 2 heterocycles. The highest BCUT2D eigenvalue weighted by Crippen LogP contribution is 2.39. The SMILES string of the molecule is Fc1cccc(CN2C3=NCCN3c3ccccc32)c1. The molecule has 0 saturated carbocycles. The van der Waals surface area contributed by atoms with Crippen LogP contribution >= 0.6 is 0 Å². The number of aliphatic imine (C=N–C) groups is 1. The Morgan fingerprint density at radius 1 is 1.05 bits per heavy atom. The van der Waals surface area contributed by atoms with Crippen LogP contribution in [-0.4, -0.2) is 19.0 Å². The zero-order chi connectivity index (χ0) is 13.5. The number of para-hydroxylation sites is 2. The molecule has 0 unspecified atom stereocenters. The first kappa shape index (κ1) is 11.5. The molecule has 2 aliphatic rings. The third-order valence-corrected chi connectivity index (χ3v) is 3.75. The molecule has 20 heavy (non-hydrogen) atoms. The molecule has 0 atom stereocenters. The Hall–Kier alpha value is -2.36. The molecule has 0 spiro atoms. The number of hydrogen-bond donors (Lipinski definition) is 0. The number of anilines is 2. The number of hydrogen-bond acceptors (Lipinski definition) is 3. The van der Waals surface area contributed by atoms with Gasteiger partial charge in [-0.2, -0.15) is 0 Å². The van der Waals surface area contributed by atoms with Gasteiger partial charge < -0.3 is 9.80 Å². The molecule has 0 N–H and O–H groups in total. The summed E-state index contributed by atoms with van der Waals surface area (Å²) in [4.78, 5) is 8.98. The van der Waals surface area contributed by atoms with Crippen LogP contribution in [0, 0.1) is 5.82 Å². The monoisotopic (exact) mass is 267 g/mol. The van der Waals surface area contributed by atoms with Gasteiger partial charge in [0.15, 0.2) is 0 Å². The summed E-state index contributed by atoms with van der Waals surface area (Å²) in [7, 11) is 0. The maximum absolute atomic E-state index is 13.3. The number of guanidine groups is 1. The van der Waals surface area contributed by atoms with Gasteiger partial charge in [0.2, 0.25) is 5.96 Å². The van der Waals surface area contributed by atoms with Crippen molar-refractivity contribution < 1.29 is 4.39 Å². The first-order chi connectivity index (χ1) is 9.83. The maximum atomic E-state index is 13.3. The van der Waals surface area contributed by atoms with E-state index in [0.717, 1.165) is 30.3 Å². The van der Waals surface area contributed by atoms with Crippen LogP contribution in [0.15, 0.2) is 53.5 Å². The summed E-state index contributed by atoms with van der Waals surface area (Å²) in [5, 5.41) is 0. The van der Waals surface area contributed by atoms with Gasteiger partial charge in [-0.1, -0.05) is 24.3 Å². The molecule has 2 aromatic carbocycles. The van der Waals surface area contributed by atoms with Crippen molar-refractivity contribution in [1.29, 1.82) is 0 Å². The Morgan fingerprint density at radius 3 is 2.75 bits per heavy atom. The zero-order valence-corrected chi connectivity index (χ0v) is 11.0. The van der Waals surface area contributed by atoms with E-state index in [2.05, 4.69) is 26.9 Å². The van der Waals surface area contributed by atoms with E-state index in [-0.39, 0.29) is 5.82 Å². The van der Waals surface area contributed by atoms with Crippen LogP contribution < -0.4 is 9.80 Å². The van der Waals surface area contributed by atoms with Gasteiger partial charge in [-0.05, 0) is 29.8 Å². The second-order valence-electron chi connectivity index (χ2n) is 5.04. The average molecular weight is 267 g/mol. The van der Waals surface area contributed by atoms with Gasteiger partial charge in [0.05, 0.1) is 24.5 Å². The summed E-state index contributed by atoms with van der Waals surface area (Å²) in [6.45, 7) is 2.39. The predicted octanol–water partition coefficient (Wildman–Crippen LogP) is 3.02. The van der Waals surface area contributed by atoms with Gasteiger partial charge in [0.25, 0.3) is 0 Å². The summed E-state index contributed by atoms with van der Waals surface area (Å²) >= 11 is 0. The van der Waals surface area contributed by atoms with Gasteiger partial charge in [-0.25, -0.2) is 4.39 Å². The third-order valence-electron chi connectivity index (χ3n) is 3.75. The molecule has 0 aliphatic carbocycles. The Kier molecular flexibility index (Phi) is 2.49. The highest BCUT2D eigenvalue weighted by molar-refractivity contribution is 6.16. The minimum absolute atomic E-state index is 0.194. The normalized spacial score (nSPS) is 16.1. The second kappa shape index (κ2) is 4.34. The molecular weight excluding hydrogens is 253 g/mol. The van der Waals surface area contributed by atoms with Gasteiger partial charge in [-0.15, -0.1) is 0 Å². The summed E-state index contributed by atoms with van der Waals surface area (Å²) in [6.07, 6.45) is 0. The van der Waals surface area contributed by atoms with Crippen molar-refractivity contribution in [2.24, 2.45) is 4.99 Å². The second-order valence-corrected chi connectivity index (χ2v) is 5.04. The molecule has 100 valence electrons. The van der Waals surface area contributed by atoms with Crippen molar-refractivity contribution in [1.82, 2.24) is 0 Å². The van der Waals surface area contributed by atoms with E-state index in [0.29, 0.717) is 6.54 Å². The Morgan fingerprint density at radius 2 is 1.90 bits per heavy atom. The number of fused-ring (bicyclic) bond motifs is 3. The lowest BCUT2D eigenvalue weighted by molar-refractivity contribution is 0.625. The largest absolute Gasteiger partial charge is 0.308 e. The van der Waals surface area contributed by atoms with Crippen molar-refractivity contribution in [2.75, 3.05) is 22.9 Å². The quantitative estimate of drug-likeness (QED) is 0.833. The Bertz CT molecular complexity index is 696. The highest BCUT2D eigenvalue weighted by atomic mass is 19.1. The van der Waals surface area contributed by atoms with E-state index in [1.54, 1.807) is 12.1 Å². The summed E-state index contributed by atoms with van der Waals surface area (Å²) < 4.78 is 13.3. The van der Waals surface area contributed by atoms with Crippen LogP contribution in [0.4, 0.5) is 15.8 Å². The first-order valence-corrected chi connectivity index (χ1v) is 6.76. The molecular formula is C16H14FN3. The smallest absolute Gasteiger partial charge is 0.206 e. The fourth-order valence-electron chi connectivity index (χ4n) is 2.90. The lowest BCUT2D eigenvalue weighted by Crippen LogP contribution is -2.34. The van der Waals surface area contributed by atoms with Crippen LogP contribution in [0.2, 0.25) is 0 Å².